The summed E-state index contributed by atoms with van der Waals surface area (Å²) in [7, 11) is 0. The molecule has 23 heavy (non-hydrogen) atoms. The van der Waals surface area contributed by atoms with Gasteiger partial charge in [0.25, 0.3) is 0 Å². The molecule has 0 unspecified atom stereocenters. The lowest BCUT2D eigenvalue weighted by atomic mass is 10.1. The van der Waals surface area contributed by atoms with Crippen molar-refractivity contribution in [2.45, 2.75) is 0 Å². The van der Waals surface area contributed by atoms with E-state index in [9.17, 15) is 4.79 Å². The summed E-state index contributed by atoms with van der Waals surface area (Å²) in [5.41, 5.74) is 7.05. The number of hydrogen-bond acceptors (Lipinski definition) is 5. The second-order valence-corrected chi connectivity index (χ2v) is 6.52. The van der Waals surface area contributed by atoms with Crippen molar-refractivity contribution in [3.8, 4) is 0 Å². The summed E-state index contributed by atoms with van der Waals surface area (Å²) in [6.07, 6.45) is 0. The summed E-state index contributed by atoms with van der Waals surface area (Å²) in [6, 6.07) is 14.0. The number of halogens is 2. The second kappa shape index (κ2) is 6.58. The number of nitrogens with zero attached hydrogens (tertiary/aromatic N) is 1. The highest BCUT2D eigenvalue weighted by molar-refractivity contribution is 7.18. The van der Waals surface area contributed by atoms with Gasteiger partial charge in [0.05, 0.1) is 10.7 Å². The lowest BCUT2D eigenvalue weighted by Gasteiger charge is -2.05. The average Bonchev–Trinajstić information content (AvgIpc) is 2.91. The lowest BCUT2D eigenvalue weighted by molar-refractivity contribution is 0.104. The zero-order chi connectivity index (χ0) is 16.4. The van der Waals surface area contributed by atoms with Crippen LogP contribution in [-0.2, 0) is 0 Å². The molecule has 3 aromatic rings. The van der Waals surface area contributed by atoms with Crippen LogP contribution in [0.1, 0.15) is 15.2 Å². The fraction of sp³-hybridized carbons (Fsp3) is 0. The number of carbonyl (C=O) groups is 1. The average molecular weight is 364 g/mol. The number of benzene rings is 2. The van der Waals surface area contributed by atoms with E-state index in [-0.39, 0.29) is 11.6 Å². The van der Waals surface area contributed by atoms with Gasteiger partial charge >= 0.3 is 0 Å². The summed E-state index contributed by atoms with van der Waals surface area (Å²) in [4.78, 5) is 17.0. The fourth-order valence-electron chi connectivity index (χ4n) is 1.98. The van der Waals surface area contributed by atoms with Gasteiger partial charge in [0.2, 0.25) is 5.78 Å². The molecule has 0 aliphatic rings. The minimum atomic E-state index is -0.161. The molecule has 0 saturated carbocycles. The highest BCUT2D eigenvalue weighted by atomic mass is 35.5. The van der Waals surface area contributed by atoms with Crippen LogP contribution in [0.2, 0.25) is 10.0 Å². The van der Waals surface area contributed by atoms with E-state index >= 15 is 0 Å². The highest BCUT2D eigenvalue weighted by Gasteiger charge is 2.18. The molecule has 0 spiro atoms. The zero-order valence-corrected chi connectivity index (χ0v) is 14.0. The first-order valence-electron chi connectivity index (χ1n) is 6.62. The Morgan fingerprint density at radius 1 is 1.13 bits per heavy atom. The minimum absolute atomic E-state index is 0.161. The number of ketones is 1. The Hall–Kier alpha value is -2.08. The topological polar surface area (TPSA) is 68.0 Å². The van der Waals surface area contributed by atoms with Crippen LogP contribution >= 0.6 is 34.5 Å². The molecule has 0 aliphatic heterocycles. The van der Waals surface area contributed by atoms with Gasteiger partial charge in [-0.2, -0.15) is 0 Å². The van der Waals surface area contributed by atoms with Crippen LogP contribution in [0.4, 0.5) is 16.6 Å². The molecule has 2 aromatic carbocycles. The summed E-state index contributed by atoms with van der Waals surface area (Å²) in [5, 5.41) is 4.56. The number of hydrogen-bond donors (Lipinski definition) is 2. The van der Waals surface area contributed by atoms with Crippen LogP contribution in [0.5, 0.6) is 0 Å². The Bertz CT molecular complexity index is 865. The third kappa shape index (κ3) is 3.47. The summed E-state index contributed by atoms with van der Waals surface area (Å²) >= 11 is 13.2. The molecular weight excluding hydrogens is 353 g/mol. The number of thiazole rings is 1. The molecule has 0 saturated heterocycles. The highest BCUT2D eigenvalue weighted by Crippen LogP contribution is 2.33. The number of nitrogens with two attached hydrogens (primary N) is 1. The molecule has 4 nitrogen and oxygen atoms in total. The standard InChI is InChI=1S/C16H11Cl2N3OS/c17-10-6-7-11(18)12(8-10)20-16-21-15(19)14(23-16)13(22)9-4-2-1-3-5-9/h1-8H,19H2,(H,20,21). The Morgan fingerprint density at radius 3 is 2.61 bits per heavy atom. The first-order valence-corrected chi connectivity index (χ1v) is 8.20. The van der Waals surface area contributed by atoms with Crippen molar-refractivity contribution in [1.82, 2.24) is 4.98 Å². The first kappa shape index (κ1) is 15.8. The van der Waals surface area contributed by atoms with Crippen LogP contribution in [0.3, 0.4) is 0 Å². The molecule has 7 heteroatoms. The Balaban J connectivity index is 1.89. The summed E-state index contributed by atoms with van der Waals surface area (Å²) < 4.78 is 0. The minimum Gasteiger partial charge on any atom is -0.382 e. The van der Waals surface area contributed by atoms with Crippen molar-refractivity contribution in [2.24, 2.45) is 0 Å². The van der Waals surface area contributed by atoms with E-state index in [1.54, 1.807) is 42.5 Å². The third-order valence-corrected chi connectivity index (χ3v) is 4.62. The van der Waals surface area contributed by atoms with Crippen LogP contribution in [0.15, 0.2) is 48.5 Å². The lowest BCUT2D eigenvalue weighted by Crippen LogP contribution is -2.02. The quantitative estimate of drug-likeness (QED) is 0.639. The molecule has 3 N–H and O–H groups in total. The van der Waals surface area contributed by atoms with Crippen LogP contribution < -0.4 is 11.1 Å². The Kier molecular flexibility index (Phi) is 4.52. The molecule has 0 radical (unpaired) electrons. The Morgan fingerprint density at radius 2 is 1.87 bits per heavy atom. The van der Waals surface area contributed by atoms with Crippen molar-refractivity contribution >= 4 is 57.0 Å². The van der Waals surface area contributed by atoms with Crippen molar-refractivity contribution in [3.63, 3.8) is 0 Å². The van der Waals surface area contributed by atoms with Gasteiger partial charge in [0.1, 0.15) is 10.7 Å². The van der Waals surface area contributed by atoms with E-state index in [4.69, 9.17) is 28.9 Å². The van der Waals surface area contributed by atoms with E-state index in [0.717, 1.165) is 0 Å². The van der Waals surface area contributed by atoms with Gasteiger partial charge in [0.15, 0.2) is 5.13 Å². The van der Waals surface area contributed by atoms with E-state index in [1.807, 2.05) is 6.07 Å². The first-order chi connectivity index (χ1) is 11.0. The van der Waals surface area contributed by atoms with Gasteiger partial charge in [0, 0.05) is 10.6 Å². The predicted octanol–water partition coefficient (Wildman–Crippen LogP) is 5.01. The van der Waals surface area contributed by atoms with Crippen LogP contribution in [-0.4, -0.2) is 10.8 Å². The maximum Gasteiger partial charge on any atom is 0.206 e. The molecule has 0 amide bonds. The van der Waals surface area contributed by atoms with Gasteiger partial charge in [-0.25, -0.2) is 4.98 Å². The van der Waals surface area contributed by atoms with E-state index < -0.39 is 0 Å². The monoisotopic (exact) mass is 363 g/mol. The van der Waals surface area contributed by atoms with E-state index in [2.05, 4.69) is 10.3 Å². The predicted molar refractivity (Wildman–Crippen MR) is 96.1 cm³/mol. The molecule has 3 rings (SSSR count). The SMILES string of the molecule is Nc1nc(Nc2cc(Cl)ccc2Cl)sc1C(=O)c1ccccc1. The van der Waals surface area contributed by atoms with Gasteiger partial charge in [-0.1, -0.05) is 64.9 Å². The molecule has 0 bridgehead atoms. The van der Waals surface area contributed by atoms with Gasteiger partial charge in [-0.15, -0.1) is 0 Å². The largest absolute Gasteiger partial charge is 0.382 e. The number of anilines is 3. The molecule has 1 aromatic heterocycles. The number of carbonyl (C=O) groups excluding carboxylic acids is 1. The Labute approximate surface area is 146 Å². The molecule has 1 heterocycles. The molecule has 0 atom stereocenters. The third-order valence-electron chi connectivity index (χ3n) is 3.07. The molecular formula is C16H11Cl2N3OS. The smallest absolute Gasteiger partial charge is 0.206 e. The maximum absolute atomic E-state index is 12.5. The molecule has 116 valence electrons. The normalized spacial score (nSPS) is 10.5. The van der Waals surface area contributed by atoms with Crippen LogP contribution in [0.25, 0.3) is 0 Å². The second-order valence-electron chi connectivity index (χ2n) is 4.68. The number of nitrogens with one attached hydrogen (secondary N) is 1. The summed E-state index contributed by atoms with van der Waals surface area (Å²) in [6.45, 7) is 0. The van der Waals surface area contributed by atoms with Crippen LogP contribution in [0, 0.1) is 0 Å². The van der Waals surface area contributed by atoms with Crippen molar-refractivity contribution < 1.29 is 4.79 Å². The number of rotatable bonds is 4. The maximum atomic E-state index is 12.5. The van der Waals surface area contributed by atoms with Crippen molar-refractivity contribution in [3.05, 3.63) is 69.0 Å². The van der Waals surface area contributed by atoms with Crippen molar-refractivity contribution in [2.75, 3.05) is 11.1 Å². The number of aromatic nitrogens is 1. The van der Waals surface area contributed by atoms with Gasteiger partial charge in [-0.05, 0) is 18.2 Å². The van der Waals surface area contributed by atoms with E-state index in [1.165, 1.54) is 11.3 Å². The summed E-state index contributed by atoms with van der Waals surface area (Å²) in [5.74, 6) is 0.0235. The molecule has 0 aliphatic carbocycles. The van der Waals surface area contributed by atoms with Gasteiger partial charge in [-0.3, -0.25) is 4.79 Å². The zero-order valence-electron chi connectivity index (χ0n) is 11.7. The van der Waals surface area contributed by atoms with Gasteiger partial charge < -0.3 is 11.1 Å². The van der Waals surface area contributed by atoms with E-state index in [0.29, 0.717) is 31.3 Å². The fourth-order valence-corrected chi connectivity index (χ4v) is 3.17. The van der Waals surface area contributed by atoms with Crippen molar-refractivity contribution in [1.29, 1.82) is 0 Å². The molecule has 0 fully saturated rings. The number of nitrogen functional groups attached to an aromatic ring is 1.